The lowest BCUT2D eigenvalue weighted by Gasteiger charge is -2.38. The Morgan fingerprint density at radius 2 is 1.24 bits per heavy atom. The van der Waals surface area contributed by atoms with Crippen LogP contribution in [-0.4, -0.2) is 69.3 Å². The van der Waals surface area contributed by atoms with Crippen molar-refractivity contribution in [3.05, 3.63) is 138 Å². The van der Waals surface area contributed by atoms with Crippen molar-refractivity contribution in [2.24, 2.45) is 17.6 Å². The average molecular weight is 738 g/mol. The fraction of sp³-hybridized carbons (Fsp3) is 0.357. The monoisotopic (exact) mass is 737 g/mol. The van der Waals surface area contributed by atoms with Crippen molar-refractivity contribution in [2.75, 3.05) is 0 Å². The van der Waals surface area contributed by atoms with Gasteiger partial charge in [0.05, 0.1) is 24.2 Å². The number of hydrogen-bond acceptors (Lipinski definition) is 9. The summed E-state index contributed by atoms with van der Waals surface area (Å²) >= 11 is 0. The highest BCUT2D eigenvalue weighted by Crippen LogP contribution is 2.22. The number of nitrogens with two attached hydrogens (primary N) is 1. The van der Waals surface area contributed by atoms with Crippen LogP contribution in [-0.2, 0) is 45.1 Å². The Bertz CT molecular complexity index is 1760. The largest absolute Gasteiger partial charge is 0.445 e. The third kappa shape index (κ3) is 12.2. The van der Waals surface area contributed by atoms with Gasteiger partial charge in [0.15, 0.2) is 0 Å². The Morgan fingerprint density at radius 3 is 1.78 bits per heavy atom. The Hall–Kier alpha value is -5.59. The number of aromatic nitrogens is 1. The minimum atomic E-state index is -1.54. The van der Waals surface area contributed by atoms with E-state index < -0.39 is 54.3 Å². The molecule has 1 aromatic heterocycles. The zero-order valence-electron chi connectivity index (χ0n) is 31.2. The number of nitrogens with one attached hydrogen (secondary N) is 2. The number of benzene rings is 3. The highest BCUT2D eigenvalue weighted by molar-refractivity contribution is 5.95. The van der Waals surface area contributed by atoms with E-state index in [1.807, 2.05) is 91.0 Å². The molecular weight excluding hydrogens is 686 g/mol. The summed E-state index contributed by atoms with van der Waals surface area (Å²) in [5, 5.41) is 18.1. The fourth-order valence-electron chi connectivity index (χ4n) is 5.85. The van der Waals surface area contributed by atoms with Gasteiger partial charge in [-0.2, -0.15) is 0 Å². The molecule has 5 atom stereocenters. The van der Waals surface area contributed by atoms with Crippen LogP contribution in [0.15, 0.2) is 116 Å². The number of amides is 4. The summed E-state index contributed by atoms with van der Waals surface area (Å²) in [6.45, 7) is 6.88. The quantitative estimate of drug-likeness (QED) is 0.114. The van der Waals surface area contributed by atoms with E-state index >= 15 is 0 Å². The maximum absolute atomic E-state index is 14.2. The van der Waals surface area contributed by atoms with Crippen LogP contribution in [0.3, 0.4) is 0 Å². The molecule has 1 heterocycles. The van der Waals surface area contributed by atoms with Crippen LogP contribution >= 0.6 is 0 Å². The third-order valence-electron chi connectivity index (χ3n) is 9.01. The SMILES string of the molecule is CC(C)[C@H](N)C(=O)N(C(=O)OCc1cccnc1)C(Cc1ccccc1)C(O)C(Cc1ccccc1)NC(=O)[C@@H](NC(=O)OCc1ccccc1)C(C)C. The van der Waals surface area contributed by atoms with E-state index in [9.17, 15) is 24.3 Å². The van der Waals surface area contributed by atoms with E-state index in [1.54, 1.807) is 46.0 Å². The molecule has 0 aliphatic rings. The molecule has 54 heavy (non-hydrogen) atoms. The Labute approximate surface area is 317 Å². The van der Waals surface area contributed by atoms with Crippen LogP contribution in [0.4, 0.5) is 9.59 Å². The topological polar surface area (TPSA) is 173 Å². The summed E-state index contributed by atoms with van der Waals surface area (Å²) in [5.41, 5.74) is 9.24. The van der Waals surface area contributed by atoms with Gasteiger partial charge in [0.2, 0.25) is 11.8 Å². The van der Waals surface area contributed by atoms with Crippen LogP contribution in [0.25, 0.3) is 0 Å². The summed E-state index contributed by atoms with van der Waals surface area (Å²) in [6, 6.07) is 26.4. The van der Waals surface area contributed by atoms with Crippen molar-refractivity contribution in [1.82, 2.24) is 20.5 Å². The molecule has 3 unspecified atom stereocenters. The van der Waals surface area contributed by atoms with Gasteiger partial charge in [-0.1, -0.05) is 125 Å². The molecule has 3 aromatic carbocycles. The molecule has 0 spiro atoms. The lowest BCUT2D eigenvalue weighted by atomic mass is 9.90. The lowest BCUT2D eigenvalue weighted by Crippen LogP contribution is -2.63. The molecule has 12 heteroatoms. The van der Waals surface area contributed by atoms with Gasteiger partial charge >= 0.3 is 12.2 Å². The number of aliphatic hydroxyl groups excluding tert-OH is 1. The maximum atomic E-state index is 14.2. The molecule has 0 aliphatic heterocycles. The molecule has 0 saturated carbocycles. The van der Waals surface area contributed by atoms with Gasteiger partial charge in [0.1, 0.15) is 19.3 Å². The first-order valence-corrected chi connectivity index (χ1v) is 18.1. The van der Waals surface area contributed by atoms with Crippen LogP contribution in [0.5, 0.6) is 0 Å². The zero-order chi connectivity index (χ0) is 39.0. The van der Waals surface area contributed by atoms with Crippen molar-refractivity contribution in [3.63, 3.8) is 0 Å². The molecule has 0 bridgehead atoms. The van der Waals surface area contributed by atoms with E-state index in [0.29, 0.717) is 11.1 Å². The molecule has 0 radical (unpaired) electrons. The van der Waals surface area contributed by atoms with Gasteiger partial charge in [-0.25, -0.2) is 14.5 Å². The average Bonchev–Trinajstić information content (AvgIpc) is 3.18. The summed E-state index contributed by atoms with van der Waals surface area (Å²) in [7, 11) is 0. The minimum Gasteiger partial charge on any atom is -0.445 e. The van der Waals surface area contributed by atoms with E-state index in [1.165, 1.54) is 6.20 Å². The molecule has 4 rings (SSSR count). The molecule has 5 N–H and O–H groups in total. The predicted octanol–water partition coefficient (Wildman–Crippen LogP) is 5.18. The normalized spacial score (nSPS) is 13.9. The standard InChI is InChI=1S/C42H51N5O7/c1-28(2)36(43)40(50)47(42(52)54-27-33-21-14-22-44-25-33)35(24-31-17-10-6-11-18-31)38(48)34(23-30-15-8-5-9-16-30)45-39(49)37(29(3)4)46-41(51)53-26-32-19-12-7-13-20-32/h5-22,25,28-29,34-38,48H,23-24,26-27,43H2,1-4H3,(H,45,49)(H,46,51)/t34?,35?,36-,37-,38?/m0/s1. The maximum Gasteiger partial charge on any atom is 0.417 e. The van der Waals surface area contributed by atoms with Gasteiger partial charge in [0, 0.05) is 18.0 Å². The van der Waals surface area contributed by atoms with Crippen molar-refractivity contribution in [3.8, 4) is 0 Å². The van der Waals surface area contributed by atoms with Crippen LogP contribution in [0.2, 0.25) is 0 Å². The number of alkyl carbamates (subject to hydrolysis) is 1. The van der Waals surface area contributed by atoms with E-state index in [2.05, 4.69) is 15.6 Å². The molecule has 4 aromatic rings. The molecule has 0 aliphatic carbocycles. The number of aliphatic hydroxyl groups is 1. The summed E-state index contributed by atoms with van der Waals surface area (Å²) < 4.78 is 11.1. The summed E-state index contributed by atoms with van der Waals surface area (Å²) in [4.78, 5) is 60.2. The Kier molecular flexibility index (Phi) is 15.7. The van der Waals surface area contributed by atoms with Crippen LogP contribution in [0.1, 0.15) is 49.9 Å². The number of ether oxygens (including phenoxy) is 2. The van der Waals surface area contributed by atoms with Gasteiger partial charge in [-0.05, 0) is 47.4 Å². The lowest BCUT2D eigenvalue weighted by molar-refractivity contribution is -0.137. The molecular formula is C42H51N5O7. The van der Waals surface area contributed by atoms with Crippen molar-refractivity contribution >= 4 is 24.0 Å². The van der Waals surface area contributed by atoms with Crippen molar-refractivity contribution in [2.45, 2.75) is 84.0 Å². The predicted molar refractivity (Wildman–Crippen MR) is 204 cm³/mol. The first kappa shape index (κ1) is 41.2. The number of pyridine rings is 1. The zero-order valence-corrected chi connectivity index (χ0v) is 31.2. The Morgan fingerprint density at radius 1 is 0.704 bits per heavy atom. The fourth-order valence-corrected chi connectivity index (χ4v) is 5.85. The molecule has 0 fully saturated rings. The number of nitrogens with zero attached hydrogens (tertiary/aromatic N) is 2. The second-order valence-electron chi connectivity index (χ2n) is 13.9. The van der Waals surface area contributed by atoms with E-state index in [-0.39, 0.29) is 37.9 Å². The number of carbonyl (C=O) groups is 4. The second kappa shape index (κ2) is 20.6. The first-order valence-electron chi connectivity index (χ1n) is 18.1. The van der Waals surface area contributed by atoms with Crippen LogP contribution < -0.4 is 16.4 Å². The summed E-state index contributed by atoms with van der Waals surface area (Å²) in [5.74, 6) is -2.07. The number of carbonyl (C=O) groups excluding carboxylic acids is 4. The number of rotatable bonds is 17. The van der Waals surface area contributed by atoms with Crippen LogP contribution in [0, 0.1) is 11.8 Å². The minimum absolute atomic E-state index is 0.00881. The smallest absolute Gasteiger partial charge is 0.417 e. The highest BCUT2D eigenvalue weighted by atomic mass is 16.6. The summed E-state index contributed by atoms with van der Waals surface area (Å²) in [6.07, 6.45) is -0.0781. The second-order valence-corrected chi connectivity index (χ2v) is 13.9. The van der Waals surface area contributed by atoms with Gasteiger partial charge in [-0.15, -0.1) is 0 Å². The third-order valence-corrected chi connectivity index (χ3v) is 9.01. The van der Waals surface area contributed by atoms with Gasteiger partial charge < -0.3 is 30.9 Å². The number of hydrogen-bond donors (Lipinski definition) is 4. The Balaban J connectivity index is 1.69. The highest BCUT2D eigenvalue weighted by Gasteiger charge is 2.42. The van der Waals surface area contributed by atoms with E-state index in [4.69, 9.17) is 15.2 Å². The number of imide groups is 1. The van der Waals surface area contributed by atoms with E-state index in [0.717, 1.165) is 16.0 Å². The molecule has 12 nitrogen and oxygen atoms in total. The van der Waals surface area contributed by atoms with Crippen molar-refractivity contribution < 1.29 is 33.8 Å². The van der Waals surface area contributed by atoms with Gasteiger partial charge in [0.25, 0.3) is 0 Å². The first-order chi connectivity index (χ1) is 25.9. The molecule has 0 saturated heterocycles. The molecule has 4 amide bonds. The van der Waals surface area contributed by atoms with Gasteiger partial charge in [-0.3, -0.25) is 14.6 Å². The molecule has 286 valence electrons. The van der Waals surface area contributed by atoms with Crippen molar-refractivity contribution in [1.29, 1.82) is 0 Å².